The molecule has 0 aliphatic heterocycles. The van der Waals surface area contributed by atoms with E-state index in [-0.39, 0.29) is 6.42 Å². The molecule has 0 spiro atoms. The average molecular weight is 341 g/mol. The largest absolute Gasteiger partial charge is 0.359 e. The van der Waals surface area contributed by atoms with Gasteiger partial charge in [0.2, 0.25) is 11.6 Å². The van der Waals surface area contributed by atoms with E-state index in [4.69, 9.17) is 0 Å². The number of rotatable bonds is 18. The number of ketones is 1. The zero-order valence-electron chi connectivity index (χ0n) is 15.9. The summed E-state index contributed by atoms with van der Waals surface area (Å²) in [6, 6.07) is 0. The van der Waals surface area contributed by atoms with Crippen molar-refractivity contribution in [3.05, 3.63) is 12.7 Å². The van der Waals surface area contributed by atoms with Gasteiger partial charge in [-0.05, 0) is 12.5 Å². The Morgan fingerprint density at radius 2 is 1.08 bits per heavy atom. The lowest BCUT2D eigenvalue weighted by Crippen LogP contribution is -2.36. The Morgan fingerprint density at radius 1 is 0.750 bits per heavy atom. The molecule has 0 saturated heterocycles. The number of unbranched alkanes of at least 4 members (excludes halogenated alkanes) is 14. The highest BCUT2D eigenvalue weighted by Gasteiger charge is 2.29. The molecule has 0 aromatic heterocycles. The van der Waals surface area contributed by atoms with Gasteiger partial charge in [0.15, 0.2) is 0 Å². The Hall–Kier alpha value is -0.670. The summed E-state index contributed by atoms with van der Waals surface area (Å²) >= 11 is 0. The summed E-state index contributed by atoms with van der Waals surface area (Å²) in [6.45, 7) is 5.54. The molecule has 0 rings (SSSR count). The smallest absolute Gasteiger partial charge is 0.228 e. The van der Waals surface area contributed by atoms with Crippen LogP contribution < -0.4 is 0 Å². The van der Waals surface area contributed by atoms with Crippen LogP contribution in [0.4, 0.5) is 0 Å². The van der Waals surface area contributed by atoms with Crippen LogP contribution in [-0.4, -0.2) is 21.8 Å². The molecule has 0 bridgehead atoms. The second-order valence-electron chi connectivity index (χ2n) is 7.08. The topological polar surface area (TPSA) is 57.5 Å². The van der Waals surface area contributed by atoms with Gasteiger partial charge < -0.3 is 10.2 Å². The fourth-order valence-electron chi connectivity index (χ4n) is 3.03. The van der Waals surface area contributed by atoms with Gasteiger partial charge in [-0.2, -0.15) is 0 Å². The van der Waals surface area contributed by atoms with Crippen LogP contribution in [0.2, 0.25) is 0 Å². The second kappa shape index (κ2) is 15.8. The summed E-state index contributed by atoms with van der Waals surface area (Å²) < 4.78 is 0. The zero-order valence-corrected chi connectivity index (χ0v) is 15.9. The maximum absolute atomic E-state index is 11.2. The molecule has 0 aromatic carbocycles. The van der Waals surface area contributed by atoms with E-state index < -0.39 is 11.6 Å². The lowest BCUT2D eigenvalue weighted by molar-refractivity contribution is -0.180. The molecule has 0 heterocycles. The van der Waals surface area contributed by atoms with Gasteiger partial charge in [0.25, 0.3) is 0 Å². The lowest BCUT2D eigenvalue weighted by Gasteiger charge is -2.17. The number of hydrogen-bond acceptors (Lipinski definition) is 3. The fourth-order valence-corrected chi connectivity index (χ4v) is 3.03. The highest BCUT2D eigenvalue weighted by atomic mass is 16.5. The van der Waals surface area contributed by atoms with Crippen molar-refractivity contribution < 1.29 is 15.0 Å². The first-order valence-corrected chi connectivity index (χ1v) is 10.2. The van der Waals surface area contributed by atoms with Gasteiger partial charge in [0.1, 0.15) is 0 Å². The molecule has 0 aromatic rings. The van der Waals surface area contributed by atoms with E-state index in [2.05, 4.69) is 13.5 Å². The molecule has 0 fully saturated rings. The average Bonchev–Trinajstić information content (AvgIpc) is 2.57. The summed E-state index contributed by atoms with van der Waals surface area (Å²) in [5.74, 6) is -2.91. The number of carbonyl (C=O) groups excluding carboxylic acids is 1. The van der Waals surface area contributed by atoms with Crippen LogP contribution in [0.5, 0.6) is 0 Å². The second-order valence-corrected chi connectivity index (χ2v) is 7.08. The Balaban J connectivity index is 3.23. The van der Waals surface area contributed by atoms with Crippen LogP contribution in [0.15, 0.2) is 12.7 Å². The summed E-state index contributed by atoms with van der Waals surface area (Å²) in [5.41, 5.74) is 0. The van der Waals surface area contributed by atoms with Crippen LogP contribution in [0.1, 0.15) is 110 Å². The predicted octanol–water partition coefficient (Wildman–Crippen LogP) is 5.68. The molecule has 3 nitrogen and oxygen atoms in total. The minimum Gasteiger partial charge on any atom is -0.359 e. The van der Waals surface area contributed by atoms with Crippen LogP contribution in [0, 0.1) is 0 Å². The molecule has 0 radical (unpaired) electrons. The Morgan fingerprint density at radius 3 is 1.42 bits per heavy atom. The molecular formula is C21H40O3. The molecule has 3 heteroatoms. The Labute approximate surface area is 149 Å². The maximum Gasteiger partial charge on any atom is 0.228 e. The first-order chi connectivity index (χ1) is 11.5. The van der Waals surface area contributed by atoms with E-state index >= 15 is 0 Å². The summed E-state index contributed by atoms with van der Waals surface area (Å²) in [7, 11) is 0. The third-order valence-electron chi connectivity index (χ3n) is 4.71. The number of hydrogen-bond donors (Lipinski definition) is 2. The van der Waals surface area contributed by atoms with E-state index in [1.807, 2.05) is 0 Å². The van der Waals surface area contributed by atoms with E-state index in [0.29, 0.717) is 6.42 Å². The van der Waals surface area contributed by atoms with Gasteiger partial charge in [-0.15, -0.1) is 0 Å². The van der Waals surface area contributed by atoms with Crippen molar-refractivity contribution in [3.8, 4) is 0 Å². The highest BCUT2D eigenvalue weighted by molar-refractivity contribution is 5.94. The molecule has 142 valence electrons. The van der Waals surface area contributed by atoms with Crippen molar-refractivity contribution in [2.24, 2.45) is 0 Å². The summed E-state index contributed by atoms with van der Waals surface area (Å²) in [5, 5.41) is 19.0. The van der Waals surface area contributed by atoms with E-state index in [1.54, 1.807) is 0 Å². The van der Waals surface area contributed by atoms with Crippen LogP contribution in [0.25, 0.3) is 0 Å². The van der Waals surface area contributed by atoms with Gasteiger partial charge >= 0.3 is 0 Å². The zero-order chi connectivity index (χ0) is 18.1. The molecule has 0 aliphatic carbocycles. The van der Waals surface area contributed by atoms with Crippen molar-refractivity contribution in [3.63, 3.8) is 0 Å². The summed E-state index contributed by atoms with van der Waals surface area (Å²) in [6.07, 6.45) is 20.1. The Kier molecular flexibility index (Phi) is 15.4. The van der Waals surface area contributed by atoms with Crippen molar-refractivity contribution in [2.45, 2.75) is 115 Å². The van der Waals surface area contributed by atoms with Gasteiger partial charge in [-0.1, -0.05) is 103 Å². The normalized spacial score (nSPS) is 11.6. The maximum atomic E-state index is 11.2. The van der Waals surface area contributed by atoms with Gasteiger partial charge in [-0.25, -0.2) is 0 Å². The van der Waals surface area contributed by atoms with Crippen LogP contribution in [-0.2, 0) is 4.79 Å². The van der Waals surface area contributed by atoms with E-state index in [0.717, 1.165) is 18.9 Å². The highest BCUT2D eigenvalue weighted by Crippen LogP contribution is 2.16. The standard InChI is InChI=1S/C21H40O3/c1-3-5-6-7-8-9-10-11-12-13-14-15-16-17-18-19-21(23,24)20(22)4-2/h4,23-24H,2-3,5-19H2,1H3. The minimum absolute atomic E-state index is 0.107. The molecule has 24 heavy (non-hydrogen) atoms. The number of aliphatic hydroxyl groups is 2. The third-order valence-corrected chi connectivity index (χ3v) is 4.71. The van der Waals surface area contributed by atoms with E-state index in [1.165, 1.54) is 77.0 Å². The van der Waals surface area contributed by atoms with Crippen molar-refractivity contribution >= 4 is 5.78 Å². The fraction of sp³-hybridized carbons (Fsp3) is 0.857. The Bertz CT molecular complexity index is 310. The van der Waals surface area contributed by atoms with E-state index in [9.17, 15) is 15.0 Å². The quantitative estimate of drug-likeness (QED) is 0.192. The molecule has 0 atom stereocenters. The van der Waals surface area contributed by atoms with Crippen LogP contribution in [0.3, 0.4) is 0 Å². The SMILES string of the molecule is C=CC(=O)C(O)(O)CCCCCCCCCCCCCCCCC. The number of carbonyl (C=O) groups is 1. The summed E-state index contributed by atoms with van der Waals surface area (Å²) in [4.78, 5) is 11.2. The lowest BCUT2D eigenvalue weighted by atomic mass is 10.0. The molecule has 0 unspecified atom stereocenters. The van der Waals surface area contributed by atoms with Crippen LogP contribution >= 0.6 is 0 Å². The first-order valence-electron chi connectivity index (χ1n) is 10.2. The minimum atomic E-state index is -2.21. The van der Waals surface area contributed by atoms with Gasteiger partial charge in [0, 0.05) is 6.42 Å². The van der Waals surface area contributed by atoms with Crippen molar-refractivity contribution in [1.82, 2.24) is 0 Å². The van der Waals surface area contributed by atoms with Crippen molar-refractivity contribution in [1.29, 1.82) is 0 Å². The molecular weight excluding hydrogens is 300 g/mol. The van der Waals surface area contributed by atoms with Crippen molar-refractivity contribution in [2.75, 3.05) is 0 Å². The van der Waals surface area contributed by atoms with Gasteiger partial charge in [-0.3, -0.25) is 4.79 Å². The molecule has 0 aliphatic rings. The predicted molar refractivity (Wildman–Crippen MR) is 102 cm³/mol. The molecule has 0 saturated carbocycles. The molecule has 2 N–H and O–H groups in total. The first kappa shape index (κ1) is 23.3. The monoisotopic (exact) mass is 340 g/mol. The molecule has 0 amide bonds. The van der Waals surface area contributed by atoms with Gasteiger partial charge in [0.05, 0.1) is 0 Å². The third kappa shape index (κ3) is 13.7.